The number of rotatable bonds is 7. The summed E-state index contributed by atoms with van der Waals surface area (Å²) in [6, 6.07) is 17.2. The fourth-order valence-electron chi connectivity index (χ4n) is 4.53. The van der Waals surface area contributed by atoms with Crippen LogP contribution in [0.3, 0.4) is 0 Å². The first-order valence-electron chi connectivity index (χ1n) is 11.6. The lowest BCUT2D eigenvalue weighted by molar-refractivity contribution is -0.118. The third kappa shape index (κ3) is 4.98. The van der Waals surface area contributed by atoms with Gasteiger partial charge in [0.15, 0.2) is 14.6 Å². The molecule has 1 saturated carbocycles. The van der Waals surface area contributed by atoms with Gasteiger partial charge in [0.25, 0.3) is 5.91 Å². The molecule has 0 radical (unpaired) electrons. The third-order valence-corrected chi connectivity index (χ3v) is 9.15. The lowest BCUT2D eigenvalue weighted by Crippen LogP contribution is -2.47. The number of carbonyl (C=O) groups excluding carboxylic acids is 2. The molecule has 0 unspecified atom stereocenters. The topological polar surface area (TPSA) is 105 Å². The summed E-state index contributed by atoms with van der Waals surface area (Å²) in [6.07, 6.45) is 3.50. The third-order valence-electron chi connectivity index (χ3n) is 6.51. The van der Waals surface area contributed by atoms with Crippen LogP contribution in [0.4, 0.5) is 5.69 Å². The van der Waals surface area contributed by atoms with Gasteiger partial charge in [-0.3, -0.25) is 14.6 Å². The van der Waals surface area contributed by atoms with Crippen molar-refractivity contribution in [2.24, 2.45) is 0 Å². The van der Waals surface area contributed by atoms with Crippen LogP contribution in [-0.4, -0.2) is 30.0 Å². The quantitative estimate of drug-likeness (QED) is 0.511. The van der Waals surface area contributed by atoms with Gasteiger partial charge in [-0.25, -0.2) is 8.42 Å². The van der Waals surface area contributed by atoms with Crippen LogP contribution in [0.5, 0.6) is 0 Å². The van der Waals surface area contributed by atoms with Crippen LogP contribution in [0.15, 0.2) is 71.8 Å². The summed E-state index contributed by atoms with van der Waals surface area (Å²) in [5.41, 5.74) is 2.91. The lowest BCUT2D eigenvalue weighted by atomic mass is 10.1. The van der Waals surface area contributed by atoms with Crippen molar-refractivity contribution in [3.63, 3.8) is 0 Å². The van der Waals surface area contributed by atoms with Crippen molar-refractivity contribution in [2.45, 2.75) is 55.7 Å². The molecule has 1 aliphatic carbocycles. The number of hydrogen-bond donors (Lipinski definition) is 2. The standard InChI is InChI=1S/C27H29N3O4S/c1-19-11-12-20(2)24(16-19)35(33,34)27(13-4-5-14-27)26(32)30-22-10-7-8-21(17-22)25(31)29-18-23-9-3-6-15-28-23/h3,6-12,15-17H,4-5,13-14,18H2,1-2H3,(H,29,31)(H,30,32). The van der Waals surface area contributed by atoms with Gasteiger partial charge in [0, 0.05) is 17.4 Å². The summed E-state index contributed by atoms with van der Waals surface area (Å²) in [4.78, 5) is 30.6. The average Bonchev–Trinajstić information content (AvgIpc) is 3.37. The Hall–Kier alpha value is -3.52. The van der Waals surface area contributed by atoms with Gasteiger partial charge in [0.1, 0.15) is 0 Å². The molecule has 2 N–H and O–H groups in total. The van der Waals surface area contributed by atoms with Gasteiger partial charge in [-0.2, -0.15) is 0 Å². The number of hydrogen-bond acceptors (Lipinski definition) is 5. The van der Waals surface area contributed by atoms with Crippen LogP contribution in [-0.2, 0) is 21.2 Å². The Balaban J connectivity index is 1.56. The number of amides is 2. The minimum atomic E-state index is -3.94. The molecule has 1 aliphatic rings. The minimum absolute atomic E-state index is 0.206. The molecule has 8 heteroatoms. The average molecular weight is 492 g/mol. The molecular formula is C27H29N3O4S. The normalized spacial score (nSPS) is 14.9. The molecule has 35 heavy (non-hydrogen) atoms. The summed E-state index contributed by atoms with van der Waals surface area (Å²) in [7, 11) is -3.94. The van der Waals surface area contributed by atoms with E-state index in [4.69, 9.17) is 0 Å². The zero-order chi connectivity index (χ0) is 25.1. The van der Waals surface area contributed by atoms with Crippen LogP contribution in [0, 0.1) is 13.8 Å². The Bertz CT molecular complexity index is 1350. The van der Waals surface area contributed by atoms with E-state index in [2.05, 4.69) is 15.6 Å². The van der Waals surface area contributed by atoms with E-state index in [0.29, 0.717) is 29.7 Å². The van der Waals surface area contributed by atoms with Crippen molar-refractivity contribution < 1.29 is 18.0 Å². The van der Waals surface area contributed by atoms with Crippen molar-refractivity contribution in [3.8, 4) is 0 Å². The predicted molar refractivity (Wildman–Crippen MR) is 135 cm³/mol. The molecule has 1 aromatic heterocycles. The summed E-state index contributed by atoms with van der Waals surface area (Å²) in [5, 5.41) is 5.60. The maximum absolute atomic E-state index is 13.8. The van der Waals surface area contributed by atoms with E-state index in [-0.39, 0.29) is 30.2 Å². The van der Waals surface area contributed by atoms with Crippen molar-refractivity contribution in [1.29, 1.82) is 0 Å². The highest BCUT2D eigenvalue weighted by Gasteiger charge is 2.53. The Morgan fingerprint density at radius 3 is 2.46 bits per heavy atom. The van der Waals surface area contributed by atoms with Crippen LogP contribution < -0.4 is 10.6 Å². The monoisotopic (exact) mass is 491 g/mol. The number of nitrogens with one attached hydrogen (secondary N) is 2. The predicted octanol–water partition coefficient (Wildman–Crippen LogP) is 4.35. The van der Waals surface area contributed by atoms with Crippen molar-refractivity contribution in [2.75, 3.05) is 5.32 Å². The summed E-state index contributed by atoms with van der Waals surface area (Å²) in [5.74, 6) is -0.868. The molecule has 2 amide bonds. The second-order valence-corrected chi connectivity index (χ2v) is 11.2. The number of carbonyl (C=O) groups is 2. The Labute approximate surface area is 205 Å². The molecule has 1 fully saturated rings. The molecule has 0 aliphatic heterocycles. The number of benzene rings is 2. The molecule has 7 nitrogen and oxygen atoms in total. The van der Waals surface area contributed by atoms with Gasteiger partial charge < -0.3 is 10.6 Å². The number of sulfone groups is 1. The second kappa shape index (κ2) is 10.00. The van der Waals surface area contributed by atoms with Gasteiger partial charge >= 0.3 is 0 Å². The van der Waals surface area contributed by atoms with E-state index in [0.717, 1.165) is 11.3 Å². The number of anilines is 1. The van der Waals surface area contributed by atoms with Gasteiger partial charge in [-0.15, -0.1) is 0 Å². The Kier molecular flexibility index (Phi) is 7.03. The maximum Gasteiger partial charge on any atom is 0.251 e. The fraction of sp³-hybridized carbons (Fsp3) is 0.296. The van der Waals surface area contributed by atoms with Gasteiger partial charge in [0.05, 0.1) is 17.1 Å². The highest BCUT2D eigenvalue weighted by Crippen LogP contribution is 2.42. The van der Waals surface area contributed by atoms with Crippen LogP contribution in [0.1, 0.15) is 52.9 Å². The summed E-state index contributed by atoms with van der Waals surface area (Å²) < 4.78 is 26.1. The zero-order valence-electron chi connectivity index (χ0n) is 19.9. The molecule has 2 aromatic carbocycles. The fourth-order valence-corrected chi connectivity index (χ4v) is 6.91. The molecular weight excluding hydrogens is 462 g/mol. The largest absolute Gasteiger partial charge is 0.346 e. The Morgan fingerprint density at radius 2 is 1.74 bits per heavy atom. The van der Waals surface area contributed by atoms with E-state index < -0.39 is 20.5 Å². The van der Waals surface area contributed by atoms with Crippen molar-refractivity contribution >= 4 is 27.3 Å². The molecule has 3 aromatic rings. The molecule has 0 bridgehead atoms. The smallest absolute Gasteiger partial charge is 0.251 e. The minimum Gasteiger partial charge on any atom is -0.346 e. The van der Waals surface area contributed by atoms with Gasteiger partial charge in [0.2, 0.25) is 5.91 Å². The Morgan fingerprint density at radius 1 is 0.971 bits per heavy atom. The highest BCUT2D eigenvalue weighted by molar-refractivity contribution is 7.93. The number of nitrogens with zero attached hydrogens (tertiary/aromatic N) is 1. The van der Waals surface area contributed by atoms with Crippen LogP contribution in [0.25, 0.3) is 0 Å². The second-order valence-electron chi connectivity index (χ2n) is 9.01. The highest BCUT2D eigenvalue weighted by atomic mass is 32.2. The van der Waals surface area contributed by atoms with E-state index in [1.807, 2.05) is 25.1 Å². The van der Waals surface area contributed by atoms with Gasteiger partial charge in [-0.1, -0.05) is 37.1 Å². The van der Waals surface area contributed by atoms with E-state index in [1.165, 1.54) is 0 Å². The molecule has 182 valence electrons. The molecule has 0 spiro atoms. The SMILES string of the molecule is Cc1ccc(C)c(S(=O)(=O)C2(C(=O)Nc3cccc(C(=O)NCc4ccccn4)c3)CCCC2)c1. The molecule has 4 rings (SSSR count). The van der Waals surface area contributed by atoms with E-state index in [9.17, 15) is 18.0 Å². The summed E-state index contributed by atoms with van der Waals surface area (Å²) in [6.45, 7) is 3.86. The van der Waals surface area contributed by atoms with E-state index >= 15 is 0 Å². The summed E-state index contributed by atoms with van der Waals surface area (Å²) >= 11 is 0. The van der Waals surface area contributed by atoms with Gasteiger partial charge in [-0.05, 0) is 74.2 Å². The first-order chi connectivity index (χ1) is 16.7. The number of aryl methyl sites for hydroxylation is 2. The van der Waals surface area contributed by atoms with Crippen molar-refractivity contribution in [3.05, 3.63) is 89.2 Å². The van der Waals surface area contributed by atoms with Crippen LogP contribution >= 0.6 is 0 Å². The van der Waals surface area contributed by atoms with Crippen LogP contribution in [0.2, 0.25) is 0 Å². The zero-order valence-corrected chi connectivity index (χ0v) is 20.7. The van der Waals surface area contributed by atoms with E-state index in [1.54, 1.807) is 55.6 Å². The molecule has 0 atom stereocenters. The number of aromatic nitrogens is 1. The lowest BCUT2D eigenvalue weighted by Gasteiger charge is -2.28. The first-order valence-corrected chi connectivity index (χ1v) is 13.1. The molecule has 1 heterocycles. The number of pyridine rings is 1. The molecule has 0 saturated heterocycles. The van der Waals surface area contributed by atoms with Crippen molar-refractivity contribution in [1.82, 2.24) is 10.3 Å². The maximum atomic E-state index is 13.8. The first kappa shape index (κ1) is 24.6.